The van der Waals surface area contributed by atoms with Gasteiger partial charge < -0.3 is 16.2 Å². The van der Waals surface area contributed by atoms with E-state index in [1.54, 1.807) is 31.2 Å². The normalized spacial score (nSPS) is 10.1. The summed E-state index contributed by atoms with van der Waals surface area (Å²) in [7, 11) is 0. The summed E-state index contributed by atoms with van der Waals surface area (Å²) in [6.45, 7) is 1.76. The lowest BCUT2D eigenvalue weighted by molar-refractivity contribution is 0.102. The molecular weight excluding hydrogens is 230 g/mol. The predicted molar refractivity (Wildman–Crippen MR) is 69.4 cm³/mol. The Hall–Kier alpha value is -2.56. The Morgan fingerprint density at radius 2 is 2.11 bits per heavy atom. The number of nitrogen functional groups attached to an aromatic ring is 1. The van der Waals surface area contributed by atoms with E-state index in [1.165, 1.54) is 12.3 Å². The number of nitrogens with zero attached hydrogens (tertiary/aromatic N) is 1. The van der Waals surface area contributed by atoms with E-state index in [0.717, 1.165) is 0 Å². The van der Waals surface area contributed by atoms with Gasteiger partial charge in [-0.1, -0.05) is 0 Å². The number of aromatic nitrogens is 1. The van der Waals surface area contributed by atoms with E-state index in [9.17, 15) is 9.90 Å². The monoisotopic (exact) mass is 243 g/mol. The van der Waals surface area contributed by atoms with E-state index < -0.39 is 0 Å². The van der Waals surface area contributed by atoms with Crippen LogP contribution in [0.3, 0.4) is 0 Å². The molecule has 5 heteroatoms. The number of anilines is 2. The van der Waals surface area contributed by atoms with Gasteiger partial charge in [0.25, 0.3) is 5.91 Å². The van der Waals surface area contributed by atoms with Crippen molar-refractivity contribution in [3.63, 3.8) is 0 Å². The standard InChI is InChI=1S/C13H13N3O2/c1-8-6-10(3-5-12(8)17)16-13(18)11-4-2-9(14)7-15-11/h2-7,17H,14H2,1H3,(H,16,18). The Kier molecular flexibility index (Phi) is 3.14. The highest BCUT2D eigenvalue weighted by Crippen LogP contribution is 2.20. The second kappa shape index (κ2) is 4.75. The maximum absolute atomic E-state index is 11.8. The number of aryl methyl sites for hydroxylation is 1. The fraction of sp³-hybridized carbons (Fsp3) is 0.0769. The van der Waals surface area contributed by atoms with Gasteiger partial charge in [-0.3, -0.25) is 4.79 Å². The molecule has 5 nitrogen and oxygen atoms in total. The van der Waals surface area contributed by atoms with Gasteiger partial charge in [0.15, 0.2) is 0 Å². The molecule has 4 N–H and O–H groups in total. The summed E-state index contributed by atoms with van der Waals surface area (Å²) in [5, 5.41) is 12.1. The molecule has 0 aliphatic rings. The minimum atomic E-state index is -0.319. The van der Waals surface area contributed by atoms with E-state index in [1.807, 2.05) is 0 Å². The molecule has 2 aromatic rings. The Morgan fingerprint density at radius 1 is 1.33 bits per heavy atom. The Bertz CT molecular complexity index is 579. The van der Waals surface area contributed by atoms with Crippen molar-refractivity contribution in [3.05, 3.63) is 47.8 Å². The lowest BCUT2D eigenvalue weighted by Gasteiger charge is -2.06. The van der Waals surface area contributed by atoms with Gasteiger partial charge in [0.2, 0.25) is 0 Å². The average Bonchev–Trinajstić information content (AvgIpc) is 2.34. The van der Waals surface area contributed by atoms with Crippen LogP contribution in [0.4, 0.5) is 11.4 Å². The quantitative estimate of drug-likeness (QED) is 0.703. The van der Waals surface area contributed by atoms with E-state index in [2.05, 4.69) is 10.3 Å². The molecular formula is C13H13N3O2. The molecule has 0 aliphatic carbocycles. The SMILES string of the molecule is Cc1cc(NC(=O)c2ccc(N)cn2)ccc1O. The average molecular weight is 243 g/mol. The fourth-order valence-electron chi connectivity index (χ4n) is 1.47. The number of amides is 1. The van der Waals surface area contributed by atoms with Gasteiger partial charge in [-0.2, -0.15) is 0 Å². The van der Waals surface area contributed by atoms with Crippen molar-refractivity contribution < 1.29 is 9.90 Å². The molecule has 1 aromatic heterocycles. The van der Waals surface area contributed by atoms with Crippen molar-refractivity contribution in [1.29, 1.82) is 0 Å². The number of phenols is 1. The van der Waals surface area contributed by atoms with Crippen molar-refractivity contribution in [1.82, 2.24) is 4.98 Å². The summed E-state index contributed by atoms with van der Waals surface area (Å²) < 4.78 is 0. The van der Waals surface area contributed by atoms with Crippen molar-refractivity contribution in [2.24, 2.45) is 0 Å². The molecule has 0 aliphatic heterocycles. The van der Waals surface area contributed by atoms with Crippen molar-refractivity contribution >= 4 is 17.3 Å². The number of benzene rings is 1. The predicted octanol–water partition coefficient (Wildman–Crippen LogP) is 1.93. The largest absolute Gasteiger partial charge is 0.508 e. The lowest BCUT2D eigenvalue weighted by Crippen LogP contribution is -2.13. The van der Waals surface area contributed by atoms with Crippen molar-refractivity contribution in [2.45, 2.75) is 6.92 Å². The highest BCUT2D eigenvalue weighted by molar-refractivity contribution is 6.03. The first-order valence-corrected chi connectivity index (χ1v) is 5.39. The van der Waals surface area contributed by atoms with Gasteiger partial charge in [0, 0.05) is 5.69 Å². The Morgan fingerprint density at radius 3 is 2.72 bits per heavy atom. The third-order valence-corrected chi connectivity index (χ3v) is 2.47. The number of aromatic hydroxyl groups is 1. The number of rotatable bonds is 2. The smallest absolute Gasteiger partial charge is 0.274 e. The van der Waals surface area contributed by atoms with Crippen molar-refractivity contribution in [3.8, 4) is 5.75 Å². The van der Waals surface area contributed by atoms with Gasteiger partial charge >= 0.3 is 0 Å². The van der Waals surface area contributed by atoms with Crippen LogP contribution < -0.4 is 11.1 Å². The number of nitrogens with one attached hydrogen (secondary N) is 1. The number of nitrogens with two attached hydrogens (primary N) is 1. The van der Waals surface area contributed by atoms with Crippen LogP contribution in [0.5, 0.6) is 5.75 Å². The number of carbonyl (C=O) groups is 1. The van der Waals surface area contributed by atoms with E-state index in [0.29, 0.717) is 16.9 Å². The summed E-state index contributed by atoms with van der Waals surface area (Å²) in [6.07, 6.45) is 1.43. The van der Waals surface area contributed by atoms with E-state index in [4.69, 9.17) is 5.73 Å². The van der Waals surface area contributed by atoms with Gasteiger partial charge in [0.05, 0.1) is 11.9 Å². The molecule has 1 aromatic carbocycles. The first-order chi connectivity index (χ1) is 8.56. The molecule has 0 spiro atoms. The molecule has 2 rings (SSSR count). The summed E-state index contributed by atoms with van der Waals surface area (Å²) in [4.78, 5) is 15.8. The molecule has 0 unspecified atom stereocenters. The molecule has 0 atom stereocenters. The molecule has 92 valence electrons. The van der Waals surface area contributed by atoms with Gasteiger partial charge in [-0.05, 0) is 42.8 Å². The number of hydrogen-bond acceptors (Lipinski definition) is 4. The third-order valence-electron chi connectivity index (χ3n) is 2.47. The van der Waals surface area contributed by atoms with Crippen molar-refractivity contribution in [2.75, 3.05) is 11.1 Å². The molecule has 0 radical (unpaired) electrons. The number of carbonyl (C=O) groups excluding carboxylic acids is 1. The zero-order chi connectivity index (χ0) is 13.1. The number of phenolic OH excluding ortho intramolecular Hbond substituents is 1. The van der Waals surface area contributed by atoms with Crippen LogP contribution in [0.15, 0.2) is 36.5 Å². The van der Waals surface area contributed by atoms with Gasteiger partial charge in [-0.25, -0.2) is 4.98 Å². The molecule has 0 saturated heterocycles. The zero-order valence-electron chi connectivity index (χ0n) is 9.84. The van der Waals surface area contributed by atoms with Crippen LogP contribution in [0.1, 0.15) is 16.1 Å². The third kappa shape index (κ3) is 2.57. The topological polar surface area (TPSA) is 88.2 Å². The lowest BCUT2D eigenvalue weighted by atomic mass is 10.2. The molecule has 0 bridgehead atoms. The first-order valence-electron chi connectivity index (χ1n) is 5.39. The van der Waals surface area contributed by atoms with Crippen LogP contribution in [0, 0.1) is 6.92 Å². The molecule has 1 heterocycles. The van der Waals surface area contributed by atoms with Crippen LogP contribution in [-0.2, 0) is 0 Å². The summed E-state index contributed by atoms with van der Waals surface area (Å²) in [6, 6.07) is 8.01. The number of hydrogen-bond donors (Lipinski definition) is 3. The molecule has 0 saturated carbocycles. The van der Waals surface area contributed by atoms with Crippen LogP contribution in [0.2, 0.25) is 0 Å². The summed E-state index contributed by atoms with van der Waals surface area (Å²) >= 11 is 0. The molecule has 18 heavy (non-hydrogen) atoms. The second-order valence-electron chi connectivity index (χ2n) is 3.93. The zero-order valence-corrected chi connectivity index (χ0v) is 9.84. The summed E-state index contributed by atoms with van der Waals surface area (Å²) in [5.41, 5.74) is 7.59. The minimum absolute atomic E-state index is 0.193. The fourth-order valence-corrected chi connectivity index (χ4v) is 1.47. The molecule has 1 amide bonds. The van der Waals surface area contributed by atoms with E-state index >= 15 is 0 Å². The maximum Gasteiger partial charge on any atom is 0.274 e. The highest BCUT2D eigenvalue weighted by Gasteiger charge is 2.07. The van der Waals surface area contributed by atoms with Crippen LogP contribution in [0.25, 0.3) is 0 Å². The Labute approximate surface area is 104 Å². The van der Waals surface area contributed by atoms with Crippen LogP contribution in [-0.4, -0.2) is 16.0 Å². The van der Waals surface area contributed by atoms with E-state index in [-0.39, 0.29) is 17.4 Å². The number of pyridine rings is 1. The molecule has 0 fully saturated rings. The highest BCUT2D eigenvalue weighted by atomic mass is 16.3. The minimum Gasteiger partial charge on any atom is -0.508 e. The van der Waals surface area contributed by atoms with Gasteiger partial charge in [0.1, 0.15) is 11.4 Å². The second-order valence-corrected chi connectivity index (χ2v) is 3.93. The maximum atomic E-state index is 11.8. The van der Waals surface area contributed by atoms with Gasteiger partial charge in [-0.15, -0.1) is 0 Å². The van der Waals surface area contributed by atoms with Crippen LogP contribution >= 0.6 is 0 Å². The summed E-state index contributed by atoms with van der Waals surface area (Å²) in [5.74, 6) is -0.126. The first kappa shape index (κ1) is 11.9. The Balaban J connectivity index is 2.16.